The van der Waals surface area contributed by atoms with Gasteiger partial charge >= 0.3 is 12.1 Å². The third-order valence-corrected chi connectivity index (χ3v) is 2.78. The number of hydrogen-bond acceptors (Lipinski definition) is 2. The zero-order valence-corrected chi connectivity index (χ0v) is 10.6. The van der Waals surface area contributed by atoms with E-state index < -0.39 is 34.3 Å². The van der Waals surface area contributed by atoms with E-state index in [0.29, 0.717) is 23.3 Å². The van der Waals surface area contributed by atoms with Gasteiger partial charge in [-0.3, -0.25) is 9.36 Å². The lowest BCUT2D eigenvalue weighted by Crippen LogP contribution is -2.31. The highest BCUT2D eigenvalue weighted by atomic mass is 35.5. The van der Waals surface area contributed by atoms with Crippen LogP contribution in [0.25, 0.3) is 0 Å². The van der Waals surface area contributed by atoms with Crippen molar-refractivity contribution in [1.82, 2.24) is 4.57 Å². The second kappa shape index (κ2) is 5.64. The molecule has 0 amide bonds. The second-order valence-corrected chi connectivity index (χ2v) is 4.34. The Bertz CT molecular complexity index is 539. The average Bonchev–Trinajstić information content (AvgIpc) is 2.28. The SMILES string of the molecule is CCCC(C(=O)O)n1cc(C(F)(F)F)cc(Cl)c1=O. The third kappa shape index (κ3) is 3.50. The van der Waals surface area contributed by atoms with Crippen molar-refractivity contribution in [3.63, 3.8) is 0 Å². The normalized spacial score (nSPS) is 13.3. The highest BCUT2D eigenvalue weighted by molar-refractivity contribution is 6.30. The molecular formula is C11H11ClF3NO3. The van der Waals surface area contributed by atoms with Crippen LogP contribution in [0.1, 0.15) is 31.4 Å². The van der Waals surface area contributed by atoms with Gasteiger partial charge in [0.15, 0.2) is 0 Å². The Labute approximate surface area is 111 Å². The van der Waals surface area contributed by atoms with Gasteiger partial charge in [-0.15, -0.1) is 0 Å². The standard InChI is InChI=1S/C11H11ClF3NO3/c1-2-3-8(10(18)19)16-5-6(11(13,14)15)4-7(12)9(16)17/h4-5,8H,2-3H2,1H3,(H,18,19). The maximum Gasteiger partial charge on any atom is 0.417 e. The second-order valence-electron chi connectivity index (χ2n) is 3.93. The molecule has 1 N–H and O–H groups in total. The molecule has 0 aromatic carbocycles. The molecule has 1 aromatic heterocycles. The first-order chi connectivity index (χ1) is 8.68. The Morgan fingerprint density at radius 2 is 2.11 bits per heavy atom. The summed E-state index contributed by atoms with van der Waals surface area (Å²) in [5, 5.41) is 8.33. The molecule has 0 spiro atoms. The molecule has 1 rings (SSSR count). The average molecular weight is 298 g/mol. The number of alkyl halides is 3. The van der Waals surface area contributed by atoms with Crippen LogP contribution < -0.4 is 5.56 Å². The van der Waals surface area contributed by atoms with Crippen molar-refractivity contribution in [2.24, 2.45) is 0 Å². The molecule has 0 fully saturated rings. The number of nitrogens with zero attached hydrogens (tertiary/aromatic N) is 1. The van der Waals surface area contributed by atoms with E-state index in [4.69, 9.17) is 16.7 Å². The summed E-state index contributed by atoms with van der Waals surface area (Å²) in [6, 6.07) is -0.872. The van der Waals surface area contributed by atoms with E-state index >= 15 is 0 Å². The van der Waals surface area contributed by atoms with Gasteiger partial charge in [-0.2, -0.15) is 13.2 Å². The van der Waals surface area contributed by atoms with Crippen molar-refractivity contribution >= 4 is 17.6 Å². The molecule has 0 aliphatic rings. The number of aromatic nitrogens is 1. The van der Waals surface area contributed by atoms with Crippen LogP contribution in [0.3, 0.4) is 0 Å². The van der Waals surface area contributed by atoms with Gasteiger partial charge in [-0.25, -0.2) is 4.79 Å². The zero-order valence-electron chi connectivity index (χ0n) is 9.87. The fourth-order valence-corrected chi connectivity index (χ4v) is 1.82. The van der Waals surface area contributed by atoms with Crippen molar-refractivity contribution < 1.29 is 23.1 Å². The summed E-state index contributed by atoms with van der Waals surface area (Å²) in [5.41, 5.74) is -2.10. The molecule has 0 aliphatic carbocycles. The molecule has 0 aliphatic heterocycles. The van der Waals surface area contributed by atoms with Gasteiger partial charge in [-0.05, 0) is 12.5 Å². The lowest BCUT2D eigenvalue weighted by Gasteiger charge is -2.17. The predicted molar refractivity (Wildman–Crippen MR) is 62.3 cm³/mol. The van der Waals surface area contributed by atoms with E-state index in [1.54, 1.807) is 6.92 Å². The highest BCUT2D eigenvalue weighted by Crippen LogP contribution is 2.30. The monoisotopic (exact) mass is 297 g/mol. The lowest BCUT2D eigenvalue weighted by molar-refractivity contribution is -0.143. The van der Waals surface area contributed by atoms with Crippen LogP contribution in [-0.4, -0.2) is 15.6 Å². The van der Waals surface area contributed by atoms with Crippen LogP contribution in [0, 0.1) is 0 Å². The quantitative estimate of drug-likeness (QED) is 0.929. The van der Waals surface area contributed by atoms with Gasteiger partial charge in [0.05, 0.1) is 5.56 Å². The van der Waals surface area contributed by atoms with Crippen LogP contribution >= 0.6 is 11.6 Å². The van der Waals surface area contributed by atoms with Crippen molar-refractivity contribution in [3.05, 3.63) is 33.2 Å². The molecule has 1 unspecified atom stereocenters. The van der Waals surface area contributed by atoms with E-state index in [9.17, 15) is 22.8 Å². The Morgan fingerprint density at radius 1 is 1.53 bits per heavy atom. The minimum Gasteiger partial charge on any atom is -0.480 e. The van der Waals surface area contributed by atoms with Gasteiger partial charge in [0.25, 0.3) is 5.56 Å². The summed E-state index contributed by atoms with van der Waals surface area (Å²) in [6.45, 7) is 1.66. The van der Waals surface area contributed by atoms with Gasteiger partial charge in [0.2, 0.25) is 0 Å². The number of carboxylic acid groups (broad SMARTS) is 1. The van der Waals surface area contributed by atoms with Crippen LogP contribution in [0.2, 0.25) is 5.02 Å². The maximum atomic E-state index is 12.6. The summed E-state index contributed by atoms with van der Waals surface area (Å²) in [6.07, 6.45) is -3.78. The van der Waals surface area contributed by atoms with Crippen LogP contribution in [0.4, 0.5) is 13.2 Å². The van der Waals surface area contributed by atoms with Crippen LogP contribution in [0.5, 0.6) is 0 Å². The Balaban J connectivity index is 3.45. The van der Waals surface area contributed by atoms with Crippen molar-refractivity contribution in [2.75, 3.05) is 0 Å². The summed E-state index contributed by atoms with van der Waals surface area (Å²) in [7, 11) is 0. The van der Waals surface area contributed by atoms with Crippen LogP contribution in [-0.2, 0) is 11.0 Å². The van der Waals surface area contributed by atoms with E-state index in [-0.39, 0.29) is 6.42 Å². The van der Waals surface area contributed by atoms with E-state index in [2.05, 4.69) is 0 Å². The number of pyridine rings is 1. The molecule has 8 heteroatoms. The van der Waals surface area contributed by atoms with Crippen LogP contribution in [0.15, 0.2) is 17.1 Å². The van der Waals surface area contributed by atoms with Gasteiger partial charge < -0.3 is 5.11 Å². The number of aliphatic carboxylic acids is 1. The maximum absolute atomic E-state index is 12.6. The number of halogens is 4. The number of rotatable bonds is 4. The molecule has 0 bridgehead atoms. The Kier molecular flexibility index (Phi) is 4.62. The van der Waals surface area contributed by atoms with Crippen molar-refractivity contribution in [2.45, 2.75) is 32.0 Å². The molecule has 4 nitrogen and oxygen atoms in total. The minimum absolute atomic E-state index is 0.0346. The smallest absolute Gasteiger partial charge is 0.417 e. The summed E-state index contributed by atoms with van der Waals surface area (Å²) >= 11 is 5.45. The van der Waals surface area contributed by atoms with E-state index in [1.165, 1.54) is 0 Å². The first-order valence-corrected chi connectivity index (χ1v) is 5.78. The first-order valence-electron chi connectivity index (χ1n) is 5.40. The fourth-order valence-electron chi connectivity index (χ4n) is 1.61. The summed E-state index contributed by atoms with van der Waals surface area (Å²) < 4.78 is 38.4. The molecular weight excluding hydrogens is 287 g/mol. The lowest BCUT2D eigenvalue weighted by atomic mass is 10.1. The summed E-state index contributed by atoms with van der Waals surface area (Å²) in [5.74, 6) is -1.38. The molecule has 1 atom stereocenters. The fraction of sp³-hybridized carbons (Fsp3) is 0.455. The van der Waals surface area contributed by atoms with Crippen molar-refractivity contribution in [3.8, 4) is 0 Å². The van der Waals surface area contributed by atoms with Crippen molar-refractivity contribution in [1.29, 1.82) is 0 Å². The molecule has 1 aromatic rings. The molecule has 106 valence electrons. The molecule has 0 saturated heterocycles. The largest absolute Gasteiger partial charge is 0.480 e. The van der Waals surface area contributed by atoms with Gasteiger partial charge in [0.1, 0.15) is 11.1 Å². The number of carboxylic acids is 1. The Hall–Kier alpha value is -1.50. The topological polar surface area (TPSA) is 59.3 Å². The first kappa shape index (κ1) is 15.6. The summed E-state index contributed by atoms with van der Waals surface area (Å²) in [4.78, 5) is 22.7. The van der Waals surface area contributed by atoms with E-state index in [0.717, 1.165) is 0 Å². The zero-order chi connectivity index (χ0) is 14.8. The van der Waals surface area contributed by atoms with E-state index in [1.807, 2.05) is 0 Å². The molecule has 1 heterocycles. The molecule has 19 heavy (non-hydrogen) atoms. The number of hydrogen-bond donors (Lipinski definition) is 1. The van der Waals surface area contributed by atoms with Gasteiger partial charge in [-0.1, -0.05) is 24.9 Å². The third-order valence-electron chi connectivity index (χ3n) is 2.51. The highest BCUT2D eigenvalue weighted by Gasteiger charge is 2.33. The number of carbonyl (C=O) groups is 1. The van der Waals surface area contributed by atoms with Gasteiger partial charge in [0, 0.05) is 6.20 Å². The molecule has 0 saturated carbocycles. The predicted octanol–water partition coefficient (Wildman–Crippen LogP) is 2.95. The minimum atomic E-state index is -4.70. The Morgan fingerprint density at radius 3 is 2.53 bits per heavy atom. The molecule has 0 radical (unpaired) electrons.